The lowest BCUT2D eigenvalue weighted by Gasteiger charge is -2.43. The van der Waals surface area contributed by atoms with Gasteiger partial charge in [-0.25, -0.2) is 0 Å². The van der Waals surface area contributed by atoms with Crippen molar-refractivity contribution in [2.75, 3.05) is 44.3 Å². The second kappa shape index (κ2) is 9.23. The van der Waals surface area contributed by atoms with E-state index in [-0.39, 0.29) is 11.2 Å². The summed E-state index contributed by atoms with van der Waals surface area (Å²) in [5, 5.41) is 0.998. The van der Waals surface area contributed by atoms with E-state index in [0.29, 0.717) is 25.8 Å². The van der Waals surface area contributed by atoms with Crippen molar-refractivity contribution in [1.29, 1.82) is 0 Å². The summed E-state index contributed by atoms with van der Waals surface area (Å²) in [6, 6.07) is 11.4. The molecule has 1 aliphatic carbocycles. The molecule has 1 aromatic heterocycles. The number of likely N-dealkylation sites (tertiary alicyclic amines) is 1. The fraction of sp³-hybridized carbons (Fsp3) is 0.500. The molecule has 4 aliphatic rings. The number of nitrogens with one attached hydrogen (secondary N) is 1. The Morgan fingerprint density at radius 2 is 1.81 bits per heavy atom. The third-order valence-corrected chi connectivity index (χ3v) is 10.1. The number of hydrogen-bond acceptors (Lipinski definition) is 5. The number of anilines is 1. The molecule has 0 saturated carbocycles. The highest BCUT2D eigenvalue weighted by molar-refractivity contribution is 9.10. The second-order valence-corrected chi connectivity index (χ2v) is 12.1. The molecule has 0 unspecified atom stereocenters. The molecule has 3 aromatic rings. The van der Waals surface area contributed by atoms with Gasteiger partial charge < -0.3 is 25.3 Å². The summed E-state index contributed by atoms with van der Waals surface area (Å²) < 4.78 is 6.88. The van der Waals surface area contributed by atoms with Gasteiger partial charge in [-0.05, 0) is 96.9 Å². The van der Waals surface area contributed by atoms with Gasteiger partial charge >= 0.3 is 0 Å². The minimum atomic E-state index is -0.248. The number of nitrogens with two attached hydrogens (primary N) is 1. The van der Waals surface area contributed by atoms with Gasteiger partial charge in [0.25, 0.3) is 0 Å². The number of aromatic amines is 1. The van der Waals surface area contributed by atoms with Crippen LogP contribution in [0, 0.1) is 0 Å². The Labute approximate surface area is 226 Å². The van der Waals surface area contributed by atoms with Crippen LogP contribution in [0.5, 0.6) is 0 Å². The molecule has 3 saturated heterocycles. The van der Waals surface area contributed by atoms with Crippen molar-refractivity contribution < 1.29 is 9.53 Å². The second-order valence-electron chi connectivity index (χ2n) is 11.3. The third kappa shape index (κ3) is 3.73. The van der Waals surface area contributed by atoms with E-state index in [9.17, 15) is 4.79 Å². The summed E-state index contributed by atoms with van der Waals surface area (Å²) in [7, 11) is 0. The van der Waals surface area contributed by atoms with E-state index in [0.717, 1.165) is 63.7 Å². The minimum Gasteiger partial charge on any atom is -0.381 e. The molecule has 6 nitrogen and oxygen atoms in total. The quantitative estimate of drug-likeness (QED) is 0.464. The molecule has 0 radical (unpaired) electrons. The summed E-state index contributed by atoms with van der Waals surface area (Å²) in [5.74, 6) is 0.119. The normalized spacial score (nSPS) is 22.1. The number of halogens is 1. The number of piperidine rings is 1. The highest BCUT2D eigenvalue weighted by atomic mass is 79.9. The van der Waals surface area contributed by atoms with E-state index in [1.807, 2.05) is 6.07 Å². The van der Waals surface area contributed by atoms with Crippen molar-refractivity contribution in [1.82, 2.24) is 9.88 Å². The molecule has 37 heavy (non-hydrogen) atoms. The van der Waals surface area contributed by atoms with Crippen LogP contribution in [0.25, 0.3) is 10.9 Å². The van der Waals surface area contributed by atoms with Gasteiger partial charge in [-0.3, -0.25) is 4.79 Å². The molecule has 3 aliphatic heterocycles. The van der Waals surface area contributed by atoms with Crippen LogP contribution in [0.1, 0.15) is 71.3 Å². The molecular formula is C30H35BrN4O2. The maximum Gasteiger partial charge on any atom is 0.195 e. The lowest BCUT2D eigenvalue weighted by molar-refractivity contribution is 0.0602. The van der Waals surface area contributed by atoms with Crippen LogP contribution < -0.4 is 10.6 Å². The number of H-pyrrole nitrogens is 1. The third-order valence-electron chi connectivity index (χ3n) is 9.46. The Kier molecular flexibility index (Phi) is 5.96. The molecule has 3 fully saturated rings. The van der Waals surface area contributed by atoms with Crippen molar-refractivity contribution >= 4 is 38.3 Å². The molecule has 7 rings (SSSR count). The lowest BCUT2D eigenvalue weighted by Crippen LogP contribution is -2.44. The molecule has 2 aromatic carbocycles. The van der Waals surface area contributed by atoms with E-state index < -0.39 is 0 Å². The average molecular weight is 564 g/mol. The van der Waals surface area contributed by atoms with Gasteiger partial charge in [-0.15, -0.1) is 0 Å². The monoisotopic (exact) mass is 562 g/mol. The number of hydrogen-bond donors (Lipinski definition) is 2. The summed E-state index contributed by atoms with van der Waals surface area (Å²) in [6.45, 7) is 6.52. The predicted molar refractivity (Wildman–Crippen MR) is 151 cm³/mol. The first-order valence-corrected chi connectivity index (χ1v) is 14.7. The molecule has 1 spiro atoms. The molecule has 0 atom stereocenters. The van der Waals surface area contributed by atoms with Crippen LogP contribution in [-0.4, -0.2) is 61.1 Å². The van der Waals surface area contributed by atoms with Crippen LogP contribution in [-0.2, 0) is 16.7 Å². The first-order chi connectivity index (χ1) is 18.1. The largest absolute Gasteiger partial charge is 0.381 e. The van der Waals surface area contributed by atoms with Gasteiger partial charge in [0.05, 0.1) is 11.3 Å². The first-order valence-electron chi connectivity index (χ1n) is 13.9. The van der Waals surface area contributed by atoms with Gasteiger partial charge in [0.15, 0.2) is 5.78 Å². The number of carbonyl (C=O) groups is 1. The zero-order chi connectivity index (χ0) is 25.1. The Morgan fingerprint density at radius 1 is 1.05 bits per heavy atom. The Bertz CT molecular complexity index is 1360. The number of ether oxygens (including phenoxy) is 1. The summed E-state index contributed by atoms with van der Waals surface area (Å²) in [6.07, 6.45) is 6.84. The van der Waals surface area contributed by atoms with Gasteiger partial charge in [-0.1, -0.05) is 12.1 Å². The first kappa shape index (κ1) is 23.9. The Morgan fingerprint density at radius 3 is 2.54 bits per heavy atom. The van der Waals surface area contributed by atoms with E-state index in [1.54, 1.807) is 0 Å². The predicted octanol–water partition coefficient (Wildman–Crippen LogP) is 5.09. The number of rotatable bonds is 3. The Balaban J connectivity index is 1.31. The summed E-state index contributed by atoms with van der Waals surface area (Å²) in [4.78, 5) is 23.0. The number of fused-ring (bicyclic) bond motifs is 6. The van der Waals surface area contributed by atoms with Crippen LogP contribution in [0.4, 0.5) is 5.69 Å². The molecule has 0 amide bonds. The molecule has 4 heterocycles. The number of aromatic nitrogens is 1. The fourth-order valence-electron chi connectivity index (χ4n) is 7.44. The standard InChI is InChI=1S/C30H35BrN4O2/c31-24-16-22-23(17-26(24)35-11-5-20(6-12-35)34-9-1-2-10-34)30(7-13-37-14-8-30)29-27(28(22)36)21-4-3-19(18-32)15-25(21)33-29/h3-4,15-17,20,33H,1-2,5-14,18,32H2. The molecular weight excluding hydrogens is 528 g/mol. The van der Waals surface area contributed by atoms with Crippen LogP contribution >= 0.6 is 15.9 Å². The minimum absolute atomic E-state index is 0.119. The van der Waals surface area contributed by atoms with Gasteiger partial charge in [0.2, 0.25) is 0 Å². The average Bonchev–Trinajstić information content (AvgIpc) is 3.61. The Hall–Kier alpha value is -2.19. The van der Waals surface area contributed by atoms with E-state index in [2.05, 4.69) is 55.0 Å². The van der Waals surface area contributed by atoms with Crippen molar-refractivity contribution in [3.05, 3.63) is 62.8 Å². The maximum absolute atomic E-state index is 14.1. The SMILES string of the molecule is NCc1ccc2c3c([nH]c2c1)C1(CCOCC1)c1cc(N2CCC(N4CCCC4)CC2)c(Br)cc1C3=O. The number of ketones is 1. The molecule has 194 valence electrons. The molecule has 0 bridgehead atoms. The molecule has 7 heteroatoms. The smallest absolute Gasteiger partial charge is 0.195 e. The number of carbonyl (C=O) groups excluding carboxylic acids is 1. The van der Waals surface area contributed by atoms with E-state index in [4.69, 9.17) is 10.5 Å². The number of benzene rings is 2. The van der Waals surface area contributed by atoms with Crippen molar-refractivity contribution in [2.45, 2.75) is 56.5 Å². The van der Waals surface area contributed by atoms with Crippen molar-refractivity contribution in [2.24, 2.45) is 5.73 Å². The van der Waals surface area contributed by atoms with Crippen molar-refractivity contribution in [3.8, 4) is 0 Å². The lowest BCUT2D eigenvalue weighted by atomic mass is 9.64. The van der Waals surface area contributed by atoms with Crippen LogP contribution in [0.3, 0.4) is 0 Å². The topological polar surface area (TPSA) is 74.6 Å². The fourth-order valence-corrected chi connectivity index (χ4v) is 8.04. The number of nitrogens with zero attached hydrogens (tertiary/aromatic N) is 2. The van der Waals surface area contributed by atoms with E-state index in [1.165, 1.54) is 50.0 Å². The van der Waals surface area contributed by atoms with Crippen molar-refractivity contribution in [3.63, 3.8) is 0 Å². The maximum atomic E-state index is 14.1. The van der Waals surface area contributed by atoms with Crippen LogP contribution in [0.15, 0.2) is 34.8 Å². The highest BCUT2D eigenvalue weighted by Crippen LogP contribution is 2.51. The van der Waals surface area contributed by atoms with Gasteiger partial charge in [0, 0.05) is 70.9 Å². The zero-order valence-corrected chi connectivity index (χ0v) is 22.9. The highest BCUT2D eigenvalue weighted by Gasteiger charge is 2.47. The van der Waals surface area contributed by atoms with E-state index >= 15 is 0 Å². The summed E-state index contributed by atoms with van der Waals surface area (Å²) >= 11 is 3.88. The van der Waals surface area contributed by atoms with Gasteiger partial charge in [0.1, 0.15) is 0 Å². The van der Waals surface area contributed by atoms with Crippen LogP contribution in [0.2, 0.25) is 0 Å². The molecule has 3 N–H and O–H groups in total. The summed E-state index contributed by atoms with van der Waals surface area (Å²) in [5.41, 5.74) is 12.9. The zero-order valence-electron chi connectivity index (χ0n) is 21.3. The van der Waals surface area contributed by atoms with Gasteiger partial charge in [-0.2, -0.15) is 0 Å².